The molecule has 2 aromatic heterocycles. The lowest BCUT2D eigenvalue weighted by molar-refractivity contribution is -0.131. The van der Waals surface area contributed by atoms with Crippen molar-refractivity contribution in [3.8, 4) is 11.1 Å². The smallest absolute Gasteiger partial charge is 0.328 e. The molecule has 0 saturated carbocycles. The van der Waals surface area contributed by atoms with Gasteiger partial charge in [-0.2, -0.15) is 10.1 Å². The number of carboxylic acid groups (broad SMARTS) is 1. The Balaban J connectivity index is 1.67. The number of carbonyl (C=O) groups is 1. The van der Waals surface area contributed by atoms with Gasteiger partial charge in [0.1, 0.15) is 11.6 Å². The second-order valence-corrected chi connectivity index (χ2v) is 7.79. The van der Waals surface area contributed by atoms with Crippen LogP contribution in [-0.2, 0) is 18.4 Å². The number of aromatic nitrogens is 4. The van der Waals surface area contributed by atoms with E-state index >= 15 is 0 Å². The molecule has 4 aromatic rings. The molecule has 172 valence electrons. The van der Waals surface area contributed by atoms with Crippen LogP contribution in [0.4, 0.5) is 21.8 Å². The van der Waals surface area contributed by atoms with Gasteiger partial charge in [-0.25, -0.2) is 14.2 Å². The molecule has 0 unspecified atom stereocenters. The predicted molar refractivity (Wildman–Crippen MR) is 129 cm³/mol. The first-order valence-corrected chi connectivity index (χ1v) is 10.6. The van der Waals surface area contributed by atoms with Crippen molar-refractivity contribution in [2.45, 2.75) is 6.54 Å². The number of aliphatic carboxylic acids is 1. The highest BCUT2D eigenvalue weighted by atomic mass is 35.5. The summed E-state index contributed by atoms with van der Waals surface area (Å²) in [5.74, 6) is -0.695. The fourth-order valence-corrected chi connectivity index (χ4v) is 3.40. The van der Waals surface area contributed by atoms with E-state index in [2.05, 4.69) is 25.7 Å². The first-order valence-electron chi connectivity index (χ1n) is 10.2. The number of rotatable bonds is 8. The second kappa shape index (κ2) is 10.1. The summed E-state index contributed by atoms with van der Waals surface area (Å²) in [4.78, 5) is 19.9. The zero-order chi connectivity index (χ0) is 24.1. The van der Waals surface area contributed by atoms with Gasteiger partial charge in [-0.15, -0.1) is 0 Å². The third-order valence-corrected chi connectivity index (χ3v) is 5.09. The summed E-state index contributed by atoms with van der Waals surface area (Å²) < 4.78 is 15.2. The molecule has 2 aromatic carbocycles. The van der Waals surface area contributed by atoms with Crippen LogP contribution >= 0.6 is 11.6 Å². The Hall–Kier alpha value is -4.24. The number of hydrogen-bond donors (Lipinski definition) is 3. The van der Waals surface area contributed by atoms with Crippen molar-refractivity contribution in [1.29, 1.82) is 0 Å². The first kappa shape index (κ1) is 22.9. The second-order valence-electron chi connectivity index (χ2n) is 7.38. The van der Waals surface area contributed by atoms with E-state index in [-0.39, 0.29) is 5.02 Å². The molecule has 0 atom stereocenters. The molecule has 2 heterocycles. The number of nitrogens with zero attached hydrogens (tertiary/aromatic N) is 4. The lowest BCUT2D eigenvalue weighted by Gasteiger charge is -2.13. The summed E-state index contributed by atoms with van der Waals surface area (Å²) >= 11 is 5.88. The zero-order valence-corrected chi connectivity index (χ0v) is 18.8. The first-order chi connectivity index (χ1) is 16.4. The van der Waals surface area contributed by atoms with E-state index in [1.54, 1.807) is 29.2 Å². The van der Waals surface area contributed by atoms with Crippen LogP contribution in [0, 0.1) is 5.82 Å². The number of halogens is 2. The summed E-state index contributed by atoms with van der Waals surface area (Å²) in [5, 5.41) is 19.4. The van der Waals surface area contributed by atoms with E-state index < -0.39 is 11.8 Å². The number of hydrogen-bond acceptors (Lipinski definition) is 6. The van der Waals surface area contributed by atoms with E-state index in [0.29, 0.717) is 24.0 Å². The monoisotopic (exact) mass is 478 g/mol. The average molecular weight is 479 g/mol. The molecule has 0 saturated heterocycles. The van der Waals surface area contributed by atoms with Gasteiger partial charge >= 0.3 is 5.97 Å². The molecule has 0 spiro atoms. The number of carboxylic acids is 1. The van der Waals surface area contributed by atoms with Crippen molar-refractivity contribution >= 4 is 41.1 Å². The van der Waals surface area contributed by atoms with E-state index in [1.807, 2.05) is 31.4 Å². The van der Waals surface area contributed by atoms with Crippen molar-refractivity contribution in [3.05, 3.63) is 89.1 Å². The van der Waals surface area contributed by atoms with Crippen LogP contribution in [-0.4, -0.2) is 30.8 Å². The van der Waals surface area contributed by atoms with Crippen LogP contribution in [0.1, 0.15) is 11.1 Å². The van der Waals surface area contributed by atoms with Crippen molar-refractivity contribution in [2.24, 2.45) is 7.05 Å². The van der Waals surface area contributed by atoms with Crippen LogP contribution in [0.2, 0.25) is 5.02 Å². The Morgan fingerprint density at radius 2 is 2.09 bits per heavy atom. The Bertz CT molecular complexity index is 1370. The standard InChI is InChI=1S/C24H20ClFN6O2/c1-32-14-16(12-29-32)11-27-23-19(17-4-2-3-15(9-17)5-8-22(33)34)13-28-24(31-23)30-18-6-7-21(26)20(25)10-18/h2-10,12-14H,11H2,1H3,(H,33,34)(H2,27,28,30,31)/b8-5+. The summed E-state index contributed by atoms with van der Waals surface area (Å²) in [6.07, 6.45) is 7.91. The maximum absolute atomic E-state index is 13.5. The third kappa shape index (κ3) is 5.76. The Morgan fingerprint density at radius 3 is 2.82 bits per heavy atom. The molecule has 0 fully saturated rings. The molecule has 0 aliphatic rings. The van der Waals surface area contributed by atoms with Gasteiger partial charge in [0.15, 0.2) is 0 Å². The lowest BCUT2D eigenvalue weighted by Crippen LogP contribution is -2.06. The van der Waals surface area contributed by atoms with Crippen molar-refractivity contribution < 1.29 is 14.3 Å². The average Bonchev–Trinajstić information content (AvgIpc) is 3.24. The van der Waals surface area contributed by atoms with Gasteiger partial charge in [-0.1, -0.05) is 29.8 Å². The zero-order valence-electron chi connectivity index (χ0n) is 18.0. The minimum Gasteiger partial charge on any atom is -0.478 e. The fourth-order valence-electron chi connectivity index (χ4n) is 3.22. The molecule has 0 radical (unpaired) electrons. The quantitative estimate of drug-likeness (QED) is 0.302. The van der Waals surface area contributed by atoms with Gasteiger partial charge in [-0.05, 0) is 41.5 Å². The number of benzene rings is 2. The summed E-state index contributed by atoms with van der Waals surface area (Å²) in [6.45, 7) is 0.471. The number of aryl methyl sites for hydroxylation is 1. The van der Waals surface area contributed by atoms with E-state index in [4.69, 9.17) is 16.7 Å². The van der Waals surface area contributed by atoms with Crippen LogP contribution in [0.25, 0.3) is 17.2 Å². The molecule has 4 rings (SSSR count). The van der Waals surface area contributed by atoms with E-state index in [9.17, 15) is 9.18 Å². The Morgan fingerprint density at radius 1 is 1.24 bits per heavy atom. The molecular formula is C24H20ClFN6O2. The SMILES string of the molecule is Cn1cc(CNc2nc(Nc3ccc(F)c(Cl)c3)ncc2-c2cccc(/C=C/C(=O)O)c2)cn1. The highest BCUT2D eigenvalue weighted by Crippen LogP contribution is 2.29. The van der Waals surface area contributed by atoms with Crippen molar-refractivity contribution in [3.63, 3.8) is 0 Å². The molecule has 0 bridgehead atoms. The molecule has 0 amide bonds. The predicted octanol–water partition coefficient (Wildman–Crippen LogP) is 5.12. The minimum atomic E-state index is -1.02. The maximum atomic E-state index is 13.5. The van der Waals surface area contributed by atoms with Crippen LogP contribution in [0.5, 0.6) is 0 Å². The maximum Gasteiger partial charge on any atom is 0.328 e. The molecular weight excluding hydrogens is 459 g/mol. The van der Waals surface area contributed by atoms with Gasteiger partial charge < -0.3 is 15.7 Å². The van der Waals surface area contributed by atoms with Crippen LogP contribution in [0.3, 0.4) is 0 Å². The van der Waals surface area contributed by atoms with E-state index in [1.165, 1.54) is 18.2 Å². The third-order valence-electron chi connectivity index (χ3n) is 4.80. The number of anilines is 3. The van der Waals surface area contributed by atoms with Gasteiger partial charge in [0, 0.05) is 48.9 Å². The van der Waals surface area contributed by atoms with Crippen LogP contribution in [0.15, 0.2) is 67.1 Å². The largest absolute Gasteiger partial charge is 0.478 e. The van der Waals surface area contributed by atoms with Gasteiger partial charge in [0.05, 0.1) is 11.2 Å². The van der Waals surface area contributed by atoms with Crippen molar-refractivity contribution in [1.82, 2.24) is 19.7 Å². The molecule has 0 aliphatic carbocycles. The molecule has 34 heavy (non-hydrogen) atoms. The summed E-state index contributed by atoms with van der Waals surface area (Å²) in [5.41, 5.74) is 3.75. The molecule has 8 nitrogen and oxygen atoms in total. The highest BCUT2D eigenvalue weighted by molar-refractivity contribution is 6.31. The molecule has 3 N–H and O–H groups in total. The molecule has 10 heteroatoms. The van der Waals surface area contributed by atoms with Gasteiger partial charge in [-0.3, -0.25) is 4.68 Å². The summed E-state index contributed by atoms with van der Waals surface area (Å²) in [7, 11) is 1.84. The normalized spacial score (nSPS) is 11.0. The van der Waals surface area contributed by atoms with Crippen LogP contribution < -0.4 is 10.6 Å². The topological polar surface area (TPSA) is 105 Å². The molecule has 0 aliphatic heterocycles. The minimum absolute atomic E-state index is 0.0113. The van der Waals surface area contributed by atoms with Gasteiger partial charge in [0.25, 0.3) is 0 Å². The Kier molecular flexibility index (Phi) is 6.84. The highest BCUT2D eigenvalue weighted by Gasteiger charge is 2.12. The van der Waals surface area contributed by atoms with E-state index in [0.717, 1.165) is 28.3 Å². The Labute approximate surface area is 199 Å². The summed E-state index contributed by atoms with van der Waals surface area (Å²) in [6, 6.07) is 11.6. The van der Waals surface area contributed by atoms with Crippen molar-refractivity contribution in [2.75, 3.05) is 10.6 Å². The number of nitrogens with one attached hydrogen (secondary N) is 2. The lowest BCUT2D eigenvalue weighted by atomic mass is 10.0. The van der Waals surface area contributed by atoms with Gasteiger partial charge in [0.2, 0.25) is 5.95 Å². The fraction of sp³-hybridized carbons (Fsp3) is 0.0833.